The van der Waals surface area contributed by atoms with Crippen molar-refractivity contribution in [2.75, 3.05) is 11.9 Å². The molecule has 2 amide bonds. The van der Waals surface area contributed by atoms with Gasteiger partial charge >= 0.3 is 0 Å². The maximum absolute atomic E-state index is 12.1. The number of nitrogens with one attached hydrogen (secondary N) is 2. The first-order valence-corrected chi connectivity index (χ1v) is 9.29. The van der Waals surface area contributed by atoms with Crippen molar-refractivity contribution in [3.8, 4) is 0 Å². The van der Waals surface area contributed by atoms with Gasteiger partial charge in [0.05, 0.1) is 25.2 Å². The molecule has 0 spiro atoms. The van der Waals surface area contributed by atoms with Crippen molar-refractivity contribution < 1.29 is 19.4 Å². The molecule has 3 atom stereocenters. The average Bonchev–Trinajstić information content (AvgIpc) is 2.99. The lowest BCUT2D eigenvalue weighted by Gasteiger charge is -2.37. The number of hydrogen-bond acceptors (Lipinski definition) is 6. The maximum atomic E-state index is 12.1. The molecule has 0 aromatic carbocycles. The fourth-order valence-corrected chi connectivity index (χ4v) is 3.63. The lowest BCUT2D eigenvalue weighted by atomic mass is 9.84. The second-order valence-corrected chi connectivity index (χ2v) is 7.28. The lowest BCUT2D eigenvalue weighted by Crippen LogP contribution is -2.53. The summed E-state index contributed by atoms with van der Waals surface area (Å²) in [6.07, 6.45) is 5.54. The average molecular weight is 353 g/mol. The van der Waals surface area contributed by atoms with E-state index in [9.17, 15) is 14.7 Å². The minimum Gasteiger partial charge on any atom is -0.394 e. The minimum absolute atomic E-state index is 0.0632. The van der Waals surface area contributed by atoms with E-state index in [-0.39, 0.29) is 42.9 Å². The molecule has 2 heterocycles. The molecule has 8 heteroatoms. The van der Waals surface area contributed by atoms with Crippen molar-refractivity contribution in [3.05, 3.63) is 11.6 Å². The second kappa shape index (κ2) is 8.04. The number of carbonyl (C=O) groups is 2. The molecule has 1 saturated heterocycles. The van der Waals surface area contributed by atoms with E-state index in [0.29, 0.717) is 18.0 Å². The van der Waals surface area contributed by atoms with E-state index in [4.69, 9.17) is 4.74 Å². The van der Waals surface area contributed by atoms with Crippen molar-refractivity contribution >= 4 is 28.3 Å². The Morgan fingerprint density at radius 3 is 2.79 bits per heavy atom. The fourth-order valence-electron chi connectivity index (χ4n) is 3.08. The highest BCUT2D eigenvalue weighted by atomic mass is 32.1. The Bertz CT molecular complexity index is 562. The first-order chi connectivity index (χ1) is 11.7. The number of thiazole rings is 1. The Labute approximate surface area is 144 Å². The number of carbonyl (C=O) groups excluding carboxylic acids is 2. The van der Waals surface area contributed by atoms with E-state index in [0.717, 1.165) is 19.3 Å². The third-order valence-electron chi connectivity index (χ3n) is 4.69. The molecule has 3 N–H and O–H groups in total. The number of ether oxygens (including phenoxy) is 1. The van der Waals surface area contributed by atoms with Crippen LogP contribution in [0.2, 0.25) is 0 Å². The zero-order valence-electron chi connectivity index (χ0n) is 13.4. The van der Waals surface area contributed by atoms with E-state index < -0.39 is 6.10 Å². The van der Waals surface area contributed by atoms with Crippen molar-refractivity contribution in [2.45, 2.75) is 56.8 Å². The highest BCUT2D eigenvalue weighted by molar-refractivity contribution is 7.13. The summed E-state index contributed by atoms with van der Waals surface area (Å²) >= 11 is 1.36. The number of hydrogen-bond donors (Lipinski definition) is 3. The van der Waals surface area contributed by atoms with Crippen LogP contribution in [0.4, 0.5) is 5.13 Å². The van der Waals surface area contributed by atoms with Crippen molar-refractivity contribution in [1.82, 2.24) is 10.3 Å². The summed E-state index contributed by atoms with van der Waals surface area (Å²) in [5.41, 5.74) is 0. The molecule has 132 valence electrons. The Morgan fingerprint density at radius 1 is 1.33 bits per heavy atom. The molecular weight excluding hydrogens is 330 g/mol. The number of amides is 2. The van der Waals surface area contributed by atoms with Gasteiger partial charge in [-0.25, -0.2) is 4.98 Å². The van der Waals surface area contributed by atoms with Gasteiger partial charge in [0.2, 0.25) is 11.8 Å². The van der Waals surface area contributed by atoms with Gasteiger partial charge in [0, 0.05) is 17.5 Å². The van der Waals surface area contributed by atoms with Crippen LogP contribution in [0.1, 0.15) is 38.5 Å². The standard InChI is InChI=1S/C16H23N3O4S/c20-9-13-12(18-15(22)10-2-1-3-10)5-4-11(23-13)8-14(21)19-16-17-6-7-24-16/h6-7,10-13,20H,1-5,8-9H2,(H,18,22)(H,17,19,21)/t11-,12+,13-/m1/s1. The summed E-state index contributed by atoms with van der Waals surface area (Å²) in [4.78, 5) is 28.1. The highest BCUT2D eigenvalue weighted by Gasteiger charge is 2.35. The van der Waals surface area contributed by atoms with Crippen molar-refractivity contribution in [2.24, 2.45) is 5.92 Å². The first-order valence-electron chi connectivity index (χ1n) is 8.41. The maximum Gasteiger partial charge on any atom is 0.228 e. The second-order valence-electron chi connectivity index (χ2n) is 6.39. The van der Waals surface area contributed by atoms with Gasteiger partial charge in [0.1, 0.15) is 6.10 Å². The Balaban J connectivity index is 1.46. The SMILES string of the molecule is O=C(C[C@H]1CC[C@H](NC(=O)C2CCC2)[C@@H](CO)O1)Nc1nccs1. The van der Waals surface area contributed by atoms with Gasteiger partial charge in [-0.05, 0) is 25.7 Å². The fraction of sp³-hybridized carbons (Fsp3) is 0.688. The van der Waals surface area contributed by atoms with Crippen LogP contribution in [0.5, 0.6) is 0 Å². The topological polar surface area (TPSA) is 101 Å². The molecule has 7 nitrogen and oxygen atoms in total. The zero-order valence-corrected chi connectivity index (χ0v) is 14.3. The Hall–Kier alpha value is -1.51. The number of anilines is 1. The van der Waals surface area contributed by atoms with Crippen LogP contribution in [-0.4, -0.2) is 46.8 Å². The molecule has 2 fully saturated rings. The normalized spacial score (nSPS) is 27.3. The number of nitrogens with zero attached hydrogens (tertiary/aromatic N) is 1. The molecule has 1 aromatic rings. The molecule has 0 unspecified atom stereocenters. The summed E-state index contributed by atoms with van der Waals surface area (Å²) in [6.45, 7) is -0.166. The Kier molecular flexibility index (Phi) is 5.80. The minimum atomic E-state index is -0.458. The zero-order chi connectivity index (χ0) is 16.9. The Morgan fingerprint density at radius 2 is 2.17 bits per heavy atom. The monoisotopic (exact) mass is 353 g/mol. The van der Waals surface area contributed by atoms with Gasteiger partial charge in [0.25, 0.3) is 0 Å². The predicted molar refractivity (Wildman–Crippen MR) is 89.6 cm³/mol. The molecule has 3 rings (SSSR count). The van der Waals surface area contributed by atoms with Crippen LogP contribution < -0.4 is 10.6 Å². The van der Waals surface area contributed by atoms with E-state index in [1.165, 1.54) is 11.3 Å². The third kappa shape index (κ3) is 4.31. The van der Waals surface area contributed by atoms with Crippen molar-refractivity contribution in [3.63, 3.8) is 0 Å². The van der Waals surface area contributed by atoms with E-state index >= 15 is 0 Å². The van der Waals surface area contributed by atoms with Gasteiger partial charge in [-0.15, -0.1) is 11.3 Å². The van der Waals surface area contributed by atoms with Crippen LogP contribution in [-0.2, 0) is 14.3 Å². The van der Waals surface area contributed by atoms with Gasteiger partial charge in [-0.1, -0.05) is 6.42 Å². The van der Waals surface area contributed by atoms with Crippen molar-refractivity contribution in [1.29, 1.82) is 0 Å². The summed E-state index contributed by atoms with van der Waals surface area (Å²) in [5, 5.41) is 17.7. The first kappa shape index (κ1) is 17.3. The number of rotatable bonds is 6. The largest absolute Gasteiger partial charge is 0.394 e. The lowest BCUT2D eigenvalue weighted by molar-refractivity contribution is -0.137. The molecule has 24 heavy (non-hydrogen) atoms. The van der Waals surface area contributed by atoms with Crippen LogP contribution in [0.25, 0.3) is 0 Å². The summed E-state index contributed by atoms with van der Waals surface area (Å²) in [5.74, 6) is 0.0306. The van der Waals surface area contributed by atoms with Gasteiger partial charge < -0.3 is 20.5 Å². The molecule has 1 aliphatic carbocycles. The van der Waals surface area contributed by atoms with Gasteiger partial charge in [-0.3, -0.25) is 9.59 Å². The summed E-state index contributed by atoms with van der Waals surface area (Å²) < 4.78 is 5.83. The third-order valence-corrected chi connectivity index (χ3v) is 5.38. The van der Waals surface area contributed by atoms with Gasteiger partial charge in [0.15, 0.2) is 5.13 Å². The molecule has 2 aliphatic rings. The quantitative estimate of drug-likeness (QED) is 0.716. The molecule has 0 radical (unpaired) electrons. The van der Waals surface area contributed by atoms with E-state index in [1.807, 2.05) is 0 Å². The van der Waals surface area contributed by atoms with Gasteiger partial charge in [-0.2, -0.15) is 0 Å². The number of aliphatic hydroxyl groups is 1. The highest BCUT2D eigenvalue weighted by Crippen LogP contribution is 2.28. The molecule has 1 saturated carbocycles. The molecule has 1 aliphatic heterocycles. The van der Waals surface area contributed by atoms with Crippen LogP contribution in [0, 0.1) is 5.92 Å². The summed E-state index contributed by atoms with van der Waals surface area (Å²) in [6, 6.07) is -0.179. The smallest absolute Gasteiger partial charge is 0.228 e. The predicted octanol–water partition coefficient (Wildman–Crippen LogP) is 1.30. The molecule has 0 bridgehead atoms. The molecule has 1 aromatic heterocycles. The molecular formula is C16H23N3O4S. The van der Waals surface area contributed by atoms with Crippen LogP contribution in [0.15, 0.2) is 11.6 Å². The van der Waals surface area contributed by atoms with E-state index in [1.54, 1.807) is 11.6 Å². The van der Waals surface area contributed by atoms with E-state index in [2.05, 4.69) is 15.6 Å². The van der Waals surface area contributed by atoms with Crippen LogP contribution >= 0.6 is 11.3 Å². The number of aromatic nitrogens is 1. The van der Waals surface area contributed by atoms with Crippen LogP contribution in [0.3, 0.4) is 0 Å². The number of aliphatic hydroxyl groups excluding tert-OH is 1. The summed E-state index contributed by atoms with van der Waals surface area (Å²) in [7, 11) is 0.